The molecule has 128 valence electrons. The van der Waals surface area contributed by atoms with Crippen LogP contribution in [-0.4, -0.2) is 27.2 Å². The molecule has 0 saturated carbocycles. The molecule has 0 amide bonds. The first kappa shape index (κ1) is 16.9. The summed E-state index contributed by atoms with van der Waals surface area (Å²) < 4.78 is 7.14. The first-order valence-corrected chi connectivity index (χ1v) is 8.14. The van der Waals surface area contributed by atoms with E-state index in [0.717, 1.165) is 16.8 Å². The van der Waals surface area contributed by atoms with Crippen molar-refractivity contribution in [3.63, 3.8) is 0 Å². The molecule has 0 N–H and O–H groups in total. The lowest BCUT2D eigenvalue weighted by Gasteiger charge is -2.12. The molecule has 0 aliphatic rings. The Hall–Kier alpha value is -2.95. The van der Waals surface area contributed by atoms with E-state index in [0.29, 0.717) is 11.2 Å². The van der Waals surface area contributed by atoms with Crippen molar-refractivity contribution in [3.8, 4) is 0 Å². The number of carbonyl (C=O) groups is 2. The number of fused-ring (bicyclic) bond motifs is 1. The number of esters is 1. The van der Waals surface area contributed by atoms with E-state index in [2.05, 4.69) is 4.98 Å². The quantitative estimate of drug-likeness (QED) is 0.538. The third kappa shape index (κ3) is 3.31. The van der Waals surface area contributed by atoms with E-state index < -0.39 is 12.1 Å². The maximum absolute atomic E-state index is 12.5. The lowest BCUT2D eigenvalue weighted by molar-refractivity contribution is 0.0314. The maximum Gasteiger partial charge on any atom is 0.359 e. The highest BCUT2D eigenvalue weighted by Gasteiger charge is 2.22. The lowest BCUT2D eigenvalue weighted by Crippen LogP contribution is -2.24. The third-order valence-corrected chi connectivity index (χ3v) is 4.35. The van der Waals surface area contributed by atoms with Gasteiger partial charge in [0.2, 0.25) is 5.78 Å². The zero-order chi connectivity index (χ0) is 18.1. The van der Waals surface area contributed by atoms with Crippen LogP contribution in [0.15, 0.2) is 42.6 Å². The van der Waals surface area contributed by atoms with Gasteiger partial charge in [-0.2, -0.15) is 0 Å². The SMILES string of the molecule is Cc1ccc(C(=O)[C@@H](C)OC(=O)c2cn3c(C)cccc3n2)cc1C. The molecule has 3 rings (SSSR count). The molecule has 0 spiro atoms. The Balaban J connectivity index is 1.77. The van der Waals surface area contributed by atoms with Crippen molar-refractivity contribution in [3.05, 3.63) is 70.7 Å². The maximum atomic E-state index is 12.5. The lowest BCUT2D eigenvalue weighted by atomic mass is 10.0. The van der Waals surface area contributed by atoms with E-state index >= 15 is 0 Å². The first-order valence-electron chi connectivity index (χ1n) is 8.14. The van der Waals surface area contributed by atoms with Crippen molar-refractivity contribution in [2.24, 2.45) is 0 Å². The zero-order valence-corrected chi connectivity index (χ0v) is 14.7. The topological polar surface area (TPSA) is 60.7 Å². The van der Waals surface area contributed by atoms with Gasteiger partial charge in [0.25, 0.3) is 0 Å². The number of aryl methyl sites for hydroxylation is 3. The predicted octanol–water partition coefficient (Wildman–Crippen LogP) is 3.69. The molecule has 2 heterocycles. The summed E-state index contributed by atoms with van der Waals surface area (Å²) in [5.74, 6) is -0.829. The van der Waals surface area contributed by atoms with Gasteiger partial charge in [-0.15, -0.1) is 0 Å². The number of hydrogen-bond donors (Lipinski definition) is 0. The van der Waals surface area contributed by atoms with E-state index in [-0.39, 0.29) is 11.5 Å². The molecule has 0 aliphatic carbocycles. The predicted molar refractivity (Wildman–Crippen MR) is 95.1 cm³/mol. The summed E-state index contributed by atoms with van der Waals surface area (Å²) in [6.45, 7) is 7.44. The minimum absolute atomic E-state index is 0.189. The molecule has 0 bridgehead atoms. The van der Waals surface area contributed by atoms with E-state index in [1.165, 1.54) is 0 Å². The largest absolute Gasteiger partial charge is 0.449 e. The highest BCUT2D eigenvalue weighted by atomic mass is 16.5. The van der Waals surface area contributed by atoms with Crippen LogP contribution in [0, 0.1) is 20.8 Å². The van der Waals surface area contributed by atoms with Crippen molar-refractivity contribution in [1.82, 2.24) is 9.38 Å². The minimum Gasteiger partial charge on any atom is -0.449 e. The summed E-state index contributed by atoms with van der Waals surface area (Å²) >= 11 is 0. The normalized spacial score (nSPS) is 12.2. The van der Waals surface area contributed by atoms with E-state index in [4.69, 9.17) is 4.74 Å². The van der Waals surface area contributed by atoms with Crippen LogP contribution in [0.25, 0.3) is 5.65 Å². The summed E-state index contributed by atoms with van der Waals surface area (Å²) in [5, 5.41) is 0. The number of aromatic nitrogens is 2. The van der Waals surface area contributed by atoms with Gasteiger partial charge >= 0.3 is 5.97 Å². The summed E-state index contributed by atoms with van der Waals surface area (Å²) in [4.78, 5) is 29.1. The zero-order valence-electron chi connectivity index (χ0n) is 14.7. The van der Waals surface area contributed by atoms with E-state index in [1.807, 2.05) is 55.5 Å². The van der Waals surface area contributed by atoms with Gasteiger partial charge in [0.05, 0.1) is 0 Å². The van der Waals surface area contributed by atoms with Crippen LogP contribution in [0.1, 0.15) is 44.6 Å². The Morgan fingerprint density at radius 1 is 1.08 bits per heavy atom. The highest BCUT2D eigenvalue weighted by molar-refractivity contribution is 6.01. The van der Waals surface area contributed by atoms with Crippen molar-refractivity contribution in [2.75, 3.05) is 0 Å². The summed E-state index contributed by atoms with van der Waals surface area (Å²) in [6.07, 6.45) is 0.751. The van der Waals surface area contributed by atoms with Crippen LogP contribution in [0.3, 0.4) is 0 Å². The molecule has 0 saturated heterocycles. The number of imidazole rings is 1. The van der Waals surface area contributed by atoms with Gasteiger partial charge in [-0.05, 0) is 57.0 Å². The van der Waals surface area contributed by atoms with Crippen LogP contribution < -0.4 is 0 Å². The number of ketones is 1. The van der Waals surface area contributed by atoms with Crippen LogP contribution >= 0.6 is 0 Å². The number of benzene rings is 1. The summed E-state index contributed by atoms with van der Waals surface area (Å²) in [6, 6.07) is 11.1. The Bertz CT molecular complexity index is 972. The van der Waals surface area contributed by atoms with E-state index in [1.54, 1.807) is 19.2 Å². The van der Waals surface area contributed by atoms with Gasteiger partial charge in [0, 0.05) is 17.5 Å². The monoisotopic (exact) mass is 336 g/mol. The fourth-order valence-electron chi connectivity index (χ4n) is 2.65. The molecule has 0 aliphatic heterocycles. The van der Waals surface area contributed by atoms with Gasteiger partial charge in [-0.3, -0.25) is 4.79 Å². The molecule has 5 nitrogen and oxygen atoms in total. The second-order valence-electron chi connectivity index (χ2n) is 6.23. The molecule has 3 aromatic rings. The van der Waals surface area contributed by atoms with Gasteiger partial charge in [-0.1, -0.05) is 18.2 Å². The van der Waals surface area contributed by atoms with Crippen LogP contribution in [0.2, 0.25) is 0 Å². The van der Waals surface area contributed by atoms with Crippen LogP contribution in [0.4, 0.5) is 0 Å². The molecule has 0 radical (unpaired) electrons. The third-order valence-electron chi connectivity index (χ3n) is 4.35. The Morgan fingerprint density at radius 2 is 1.84 bits per heavy atom. The van der Waals surface area contributed by atoms with E-state index in [9.17, 15) is 9.59 Å². The summed E-state index contributed by atoms with van der Waals surface area (Å²) in [5.41, 5.74) is 4.49. The van der Waals surface area contributed by atoms with Crippen molar-refractivity contribution < 1.29 is 14.3 Å². The molecule has 1 atom stereocenters. The molecule has 1 aromatic carbocycles. The number of carbonyl (C=O) groups excluding carboxylic acids is 2. The fraction of sp³-hybridized carbons (Fsp3) is 0.250. The molecule has 2 aromatic heterocycles. The molecule has 25 heavy (non-hydrogen) atoms. The average Bonchev–Trinajstić information content (AvgIpc) is 3.02. The van der Waals surface area contributed by atoms with Gasteiger partial charge < -0.3 is 9.14 Å². The number of nitrogens with zero attached hydrogens (tertiary/aromatic N) is 2. The highest BCUT2D eigenvalue weighted by Crippen LogP contribution is 2.15. The smallest absolute Gasteiger partial charge is 0.359 e. The molecular formula is C20H20N2O3. The number of rotatable bonds is 4. The van der Waals surface area contributed by atoms with Crippen molar-refractivity contribution in [2.45, 2.75) is 33.8 Å². The molecule has 0 unspecified atom stereocenters. The number of hydrogen-bond acceptors (Lipinski definition) is 4. The fourth-order valence-corrected chi connectivity index (χ4v) is 2.65. The number of pyridine rings is 1. The second-order valence-corrected chi connectivity index (χ2v) is 6.23. The number of ether oxygens (including phenoxy) is 1. The Morgan fingerprint density at radius 3 is 2.52 bits per heavy atom. The average molecular weight is 336 g/mol. The van der Waals surface area contributed by atoms with Crippen molar-refractivity contribution in [1.29, 1.82) is 0 Å². The summed E-state index contributed by atoms with van der Waals surface area (Å²) in [7, 11) is 0. The van der Waals surface area contributed by atoms with Gasteiger partial charge in [0.1, 0.15) is 5.65 Å². The molecule has 5 heteroatoms. The minimum atomic E-state index is -0.875. The molecule has 0 fully saturated rings. The Labute approximate surface area is 146 Å². The van der Waals surface area contributed by atoms with Crippen LogP contribution in [-0.2, 0) is 4.74 Å². The van der Waals surface area contributed by atoms with Gasteiger partial charge in [-0.25, -0.2) is 9.78 Å². The van der Waals surface area contributed by atoms with Gasteiger partial charge in [0.15, 0.2) is 11.8 Å². The second kappa shape index (κ2) is 6.51. The molecular weight excluding hydrogens is 316 g/mol. The van der Waals surface area contributed by atoms with Crippen LogP contribution in [0.5, 0.6) is 0 Å². The Kier molecular flexibility index (Phi) is 4.40. The number of Topliss-reactive ketones (excluding diaryl/α,β-unsaturated/α-hetero) is 1. The van der Waals surface area contributed by atoms with Crippen molar-refractivity contribution >= 4 is 17.4 Å². The standard InChI is InChI=1S/C20H20N2O3/c1-12-8-9-16(10-13(12)2)19(23)15(4)25-20(24)17-11-22-14(3)6-5-7-18(22)21-17/h5-11,15H,1-4H3/t15-/m1/s1. The first-order chi connectivity index (χ1) is 11.9.